The number of rotatable bonds is 3. The number of amides is 2. The van der Waals surface area contributed by atoms with Gasteiger partial charge in [-0.25, -0.2) is 4.79 Å². The number of carbonyl (C=O) groups is 2. The maximum atomic E-state index is 12.0. The van der Waals surface area contributed by atoms with Gasteiger partial charge in [0, 0.05) is 19.6 Å². The number of nitrogens with zero attached hydrogens (tertiary/aromatic N) is 1. The van der Waals surface area contributed by atoms with Gasteiger partial charge in [0.25, 0.3) is 0 Å². The third-order valence-corrected chi connectivity index (χ3v) is 4.24. The number of aliphatic hydroxyl groups is 1. The van der Waals surface area contributed by atoms with Crippen molar-refractivity contribution in [3.8, 4) is 0 Å². The Hall–Kier alpha value is -1.30. The molecule has 1 atom stereocenters. The van der Waals surface area contributed by atoms with Crippen LogP contribution in [0.5, 0.6) is 0 Å². The van der Waals surface area contributed by atoms with Crippen LogP contribution >= 0.6 is 0 Å². The lowest BCUT2D eigenvalue weighted by Crippen LogP contribution is -2.44. The van der Waals surface area contributed by atoms with E-state index < -0.39 is 17.0 Å². The standard InChI is InChI=1S/C13H22N2O4/c1-12(19)3-2-7-15(8-6-12)11(18)14-9-13(4-5-13)10(16)17/h19H,2-9H2,1H3,(H,14,18)(H,16,17). The summed E-state index contributed by atoms with van der Waals surface area (Å²) in [5.41, 5.74) is -1.43. The van der Waals surface area contributed by atoms with E-state index in [0.717, 1.165) is 6.42 Å². The van der Waals surface area contributed by atoms with Crippen molar-refractivity contribution < 1.29 is 19.8 Å². The molecule has 0 radical (unpaired) electrons. The van der Waals surface area contributed by atoms with Crippen molar-refractivity contribution in [2.75, 3.05) is 19.6 Å². The van der Waals surface area contributed by atoms with Crippen LogP contribution in [0.4, 0.5) is 4.79 Å². The highest BCUT2D eigenvalue weighted by Gasteiger charge is 2.50. The predicted octanol–water partition coefficient (Wildman–Crippen LogP) is 0.798. The minimum absolute atomic E-state index is 0.202. The molecule has 1 aliphatic heterocycles. The van der Waals surface area contributed by atoms with Crippen LogP contribution in [-0.4, -0.2) is 52.3 Å². The Bertz CT molecular complexity index is 377. The molecule has 0 aromatic heterocycles. The fraction of sp³-hybridized carbons (Fsp3) is 0.846. The first-order valence-corrected chi connectivity index (χ1v) is 6.83. The number of aliphatic carboxylic acids is 1. The van der Waals surface area contributed by atoms with Crippen molar-refractivity contribution in [3.63, 3.8) is 0 Å². The van der Waals surface area contributed by atoms with E-state index >= 15 is 0 Å². The molecule has 1 heterocycles. The molecule has 2 aliphatic rings. The quantitative estimate of drug-likeness (QED) is 0.707. The van der Waals surface area contributed by atoms with Crippen LogP contribution < -0.4 is 5.32 Å². The van der Waals surface area contributed by atoms with Crippen molar-refractivity contribution in [2.45, 2.75) is 44.6 Å². The first-order chi connectivity index (χ1) is 8.85. The number of likely N-dealkylation sites (tertiary alicyclic amines) is 1. The van der Waals surface area contributed by atoms with Crippen molar-refractivity contribution in [2.24, 2.45) is 5.41 Å². The minimum Gasteiger partial charge on any atom is -0.481 e. The first kappa shape index (κ1) is 14.1. The Balaban J connectivity index is 1.82. The maximum absolute atomic E-state index is 12.0. The molecule has 19 heavy (non-hydrogen) atoms. The van der Waals surface area contributed by atoms with E-state index in [9.17, 15) is 14.7 Å². The average molecular weight is 270 g/mol. The second-order valence-corrected chi connectivity index (χ2v) is 6.08. The zero-order chi connectivity index (χ0) is 14.1. The van der Waals surface area contributed by atoms with Crippen LogP contribution in [0.3, 0.4) is 0 Å². The molecule has 2 fully saturated rings. The molecule has 1 unspecified atom stereocenters. The third-order valence-electron chi connectivity index (χ3n) is 4.24. The molecular formula is C13H22N2O4. The van der Waals surface area contributed by atoms with Gasteiger partial charge in [-0.05, 0) is 39.0 Å². The van der Waals surface area contributed by atoms with Gasteiger partial charge in [-0.15, -0.1) is 0 Å². The normalized spacial score (nSPS) is 29.5. The van der Waals surface area contributed by atoms with Crippen molar-refractivity contribution in [3.05, 3.63) is 0 Å². The minimum atomic E-state index is -0.827. The summed E-state index contributed by atoms with van der Waals surface area (Å²) in [6.07, 6.45) is 3.29. The third kappa shape index (κ3) is 3.37. The van der Waals surface area contributed by atoms with Crippen molar-refractivity contribution in [1.29, 1.82) is 0 Å². The Morgan fingerprint density at radius 2 is 1.89 bits per heavy atom. The lowest BCUT2D eigenvalue weighted by atomic mass is 9.98. The van der Waals surface area contributed by atoms with Gasteiger partial charge < -0.3 is 20.4 Å². The van der Waals surface area contributed by atoms with Crippen LogP contribution in [0.15, 0.2) is 0 Å². The Morgan fingerprint density at radius 1 is 1.21 bits per heavy atom. The molecule has 1 saturated heterocycles. The SMILES string of the molecule is CC1(O)CCCN(C(=O)NCC2(C(=O)O)CC2)CC1. The average Bonchev–Trinajstić information content (AvgIpc) is 3.11. The molecule has 2 rings (SSSR count). The smallest absolute Gasteiger partial charge is 0.317 e. The number of urea groups is 1. The zero-order valence-corrected chi connectivity index (χ0v) is 11.3. The summed E-state index contributed by atoms with van der Waals surface area (Å²) in [5.74, 6) is -0.827. The predicted molar refractivity (Wildman–Crippen MR) is 68.7 cm³/mol. The number of carboxylic acid groups (broad SMARTS) is 1. The zero-order valence-electron chi connectivity index (χ0n) is 11.3. The van der Waals surface area contributed by atoms with Gasteiger partial charge in [-0.3, -0.25) is 4.79 Å². The van der Waals surface area contributed by atoms with Crippen LogP contribution in [0.1, 0.15) is 39.0 Å². The molecule has 0 bridgehead atoms. The summed E-state index contributed by atoms with van der Waals surface area (Å²) >= 11 is 0. The van der Waals surface area contributed by atoms with Crippen LogP contribution in [0.25, 0.3) is 0 Å². The molecule has 2 amide bonds. The van der Waals surface area contributed by atoms with Gasteiger partial charge in [0.05, 0.1) is 11.0 Å². The highest BCUT2D eigenvalue weighted by atomic mass is 16.4. The van der Waals surface area contributed by atoms with Gasteiger partial charge in [0.1, 0.15) is 0 Å². The van der Waals surface area contributed by atoms with Gasteiger partial charge >= 0.3 is 12.0 Å². The van der Waals surface area contributed by atoms with E-state index in [-0.39, 0.29) is 12.6 Å². The molecule has 6 heteroatoms. The molecule has 1 aliphatic carbocycles. The summed E-state index contributed by atoms with van der Waals surface area (Å²) in [5, 5.41) is 21.7. The lowest BCUT2D eigenvalue weighted by molar-refractivity contribution is -0.143. The second-order valence-electron chi connectivity index (χ2n) is 6.08. The molecule has 0 aromatic carbocycles. The van der Waals surface area contributed by atoms with E-state index in [2.05, 4.69) is 5.32 Å². The Morgan fingerprint density at radius 3 is 2.47 bits per heavy atom. The van der Waals surface area contributed by atoms with Crippen molar-refractivity contribution >= 4 is 12.0 Å². The van der Waals surface area contributed by atoms with E-state index in [4.69, 9.17) is 5.11 Å². The van der Waals surface area contributed by atoms with Gasteiger partial charge in [0.15, 0.2) is 0 Å². The summed E-state index contributed by atoms with van der Waals surface area (Å²) in [4.78, 5) is 24.7. The molecular weight excluding hydrogens is 248 g/mol. The monoisotopic (exact) mass is 270 g/mol. The van der Waals surface area contributed by atoms with Crippen LogP contribution in [0, 0.1) is 5.41 Å². The Kier molecular flexibility index (Phi) is 3.71. The molecule has 0 aromatic rings. The number of carboxylic acids is 1. The Labute approximate surface area is 112 Å². The fourth-order valence-electron chi connectivity index (χ4n) is 2.44. The second kappa shape index (κ2) is 5.00. The van der Waals surface area contributed by atoms with Gasteiger partial charge in [0.2, 0.25) is 0 Å². The maximum Gasteiger partial charge on any atom is 0.317 e. The number of hydrogen-bond donors (Lipinski definition) is 3. The van der Waals surface area contributed by atoms with Gasteiger partial charge in [-0.1, -0.05) is 0 Å². The highest BCUT2D eigenvalue weighted by molar-refractivity contribution is 5.80. The van der Waals surface area contributed by atoms with E-state index in [1.807, 2.05) is 0 Å². The topological polar surface area (TPSA) is 89.9 Å². The van der Waals surface area contributed by atoms with E-state index in [0.29, 0.717) is 38.8 Å². The summed E-state index contributed by atoms with van der Waals surface area (Å²) in [7, 11) is 0. The molecule has 3 N–H and O–H groups in total. The molecule has 6 nitrogen and oxygen atoms in total. The molecule has 108 valence electrons. The number of carbonyl (C=O) groups excluding carboxylic acids is 1. The van der Waals surface area contributed by atoms with Crippen molar-refractivity contribution in [1.82, 2.24) is 10.2 Å². The van der Waals surface area contributed by atoms with Crippen LogP contribution in [-0.2, 0) is 4.79 Å². The fourth-order valence-corrected chi connectivity index (χ4v) is 2.44. The lowest BCUT2D eigenvalue weighted by Gasteiger charge is -2.23. The van der Waals surface area contributed by atoms with Crippen LogP contribution in [0.2, 0.25) is 0 Å². The molecule has 0 spiro atoms. The van der Waals surface area contributed by atoms with E-state index in [1.165, 1.54) is 0 Å². The molecule has 1 saturated carbocycles. The highest BCUT2D eigenvalue weighted by Crippen LogP contribution is 2.45. The number of hydrogen-bond acceptors (Lipinski definition) is 3. The summed E-state index contributed by atoms with van der Waals surface area (Å²) < 4.78 is 0. The summed E-state index contributed by atoms with van der Waals surface area (Å²) in [6.45, 7) is 3.12. The van der Waals surface area contributed by atoms with E-state index in [1.54, 1.807) is 11.8 Å². The summed E-state index contributed by atoms with van der Waals surface area (Å²) in [6, 6.07) is -0.217. The number of nitrogens with one attached hydrogen (secondary N) is 1. The van der Waals surface area contributed by atoms with Gasteiger partial charge in [-0.2, -0.15) is 0 Å². The largest absolute Gasteiger partial charge is 0.481 e. The first-order valence-electron chi connectivity index (χ1n) is 6.83.